The smallest absolute Gasteiger partial charge is 0.281 e. The van der Waals surface area contributed by atoms with Gasteiger partial charge in [0.05, 0.1) is 17.6 Å². The van der Waals surface area contributed by atoms with Gasteiger partial charge in [0.1, 0.15) is 5.71 Å². The van der Waals surface area contributed by atoms with Crippen molar-refractivity contribution in [1.82, 2.24) is 10.4 Å². The van der Waals surface area contributed by atoms with Crippen molar-refractivity contribution in [3.05, 3.63) is 65.2 Å². The van der Waals surface area contributed by atoms with Crippen molar-refractivity contribution in [2.75, 3.05) is 18.1 Å². The predicted molar refractivity (Wildman–Crippen MR) is 120 cm³/mol. The van der Waals surface area contributed by atoms with Crippen LogP contribution in [-0.4, -0.2) is 35.6 Å². The molecule has 0 saturated carbocycles. The molecule has 2 aliphatic rings. The van der Waals surface area contributed by atoms with E-state index in [1.165, 1.54) is 5.56 Å². The van der Waals surface area contributed by atoms with Gasteiger partial charge in [-0.2, -0.15) is 35.4 Å². The van der Waals surface area contributed by atoms with Gasteiger partial charge in [-0.15, -0.1) is 5.56 Å². The van der Waals surface area contributed by atoms with Crippen molar-refractivity contribution >= 4 is 23.2 Å². The van der Waals surface area contributed by atoms with Gasteiger partial charge in [0, 0.05) is 52.2 Å². The summed E-state index contributed by atoms with van der Waals surface area (Å²) >= 11 is 0. The normalized spacial score (nSPS) is 20.9. The molecule has 1 saturated heterocycles. The molecule has 4 rings (SSSR count). The topological polar surface area (TPSA) is 91.0 Å². The minimum Gasteiger partial charge on any atom is -0.369 e. The Kier molecular flexibility index (Phi) is 8.20. The fraction of sp³-hybridized carbons (Fsp3) is 0.375. The van der Waals surface area contributed by atoms with Crippen LogP contribution in [0, 0.1) is 25.8 Å². The average Bonchev–Trinajstić information content (AvgIpc) is 3.20. The molecule has 0 aliphatic carbocycles. The van der Waals surface area contributed by atoms with Gasteiger partial charge in [0.15, 0.2) is 0 Å². The number of rotatable bonds is 5. The van der Waals surface area contributed by atoms with E-state index in [0.29, 0.717) is 25.2 Å². The van der Waals surface area contributed by atoms with Gasteiger partial charge < -0.3 is 5.73 Å². The quantitative estimate of drug-likeness (QED) is 0.609. The molecule has 8 heteroatoms. The molecule has 2 atom stereocenters. The maximum absolute atomic E-state index is 13.1. The van der Waals surface area contributed by atoms with E-state index in [9.17, 15) is 9.59 Å². The Morgan fingerprint density at radius 3 is 2.62 bits per heavy atom. The Morgan fingerprint density at radius 1 is 1.19 bits per heavy atom. The van der Waals surface area contributed by atoms with Crippen molar-refractivity contribution in [3.63, 3.8) is 0 Å². The van der Waals surface area contributed by atoms with E-state index in [0.717, 1.165) is 29.7 Å². The Hall–Kier alpha value is -2.09. The molecule has 7 nitrogen and oxygen atoms in total. The van der Waals surface area contributed by atoms with Gasteiger partial charge in [0.25, 0.3) is 5.91 Å². The number of anilines is 1. The van der Waals surface area contributed by atoms with Crippen molar-refractivity contribution < 1.29 is 42.3 Å². The SMILES string of the molecule is Cc1ccc(N2N=C(C(=O)NN3CCCC(C(N)=O)C3)CC2c2cc[c-]cc2)c(C)c1.[Y]. The Morgan fingerprint density at radius 2 is 1.94 bits per heavy atom. The molecule has 0 bridgehead atoms. The van der Waals surface area contributed by atoms with Crippen LogP contribution in [0.25, 0.3) is 0 Å². The van der Waals surface area contributed by atoms with Crippen molar-refractivity contribution in [2.45, 2.75) is 39.2 Å². The number of nitrogens with two attached hydrogens (primary N) is 1. The molecule has 2 aromatic rings. The van der Waals surface area contributed by atoms with Gasteiger partial charge in [0.2, 0.25) is 5.91 Å². The standard InChI is InChI=1S/C24H28N5O2.Y/c1-16-10-11-21(17(2)13-16)29-22(18-7-4-3-5-8-18)14-20(26-29)24(31)27-28-12-6-9-19(15-28)23(25)30;/h4-5,7-8,10-11,13,19,22H,6,9,12,14-15H2,1-2H3,(H2,25,30)(H,27,31);/q-1;. The summed E-state index contributed by atoms with van der Waals surface area (Å²) in [6.07, 6.45) is 2.07. The number of aryl methyl sites for hydroxylation is 2. The number of hydrogen-bond acceptors (Lipinski definition) is 5. The third kappa shape index (κ3) is 5.45. The van der Waals surface area contributed by atoms with Gasteiger partial charge in [-0.1, -0.05) is 17.7 Å². The monoisotopic (exact) mass is 507 g/mol. The number of hydrazine groups is 1. The molecular weight excluding hydrogens is 479 g/mol. The second-order valence-corrected chi connectivity index (χ2v) is 8.36. The fourth-order valence-electron chi connectivity index (χ4n) is 4.33. The fourth-order valence-corrected chi connectivity index (χ4v) is 4.33. The maximum Gasteiger partial charge on any atom is 0.281 e. The zero-order valence-electron chi connectivity index (χ0n) is 18.5. The first-order valence-corrected chi connectivity index (χ1v) is 10.7. The van der Waals surface area contributed by atoms with E-state index in [1.54, 1.807) is 5.01 Å². The number of amides is 2. The van der Waals surface area contributed by atoms with Crippen LogP contribution in [0.5, 0.6) is 0 Å². The number of piperidine rings is 1. The van der Waals surface area contributed by atoms with Crippen LogP contribution >= 0.6 is 0 Å². The van der Waals surface area contributed by atoms with E-state index in [1.807, 2.05) is 29.3 Å². The van der Waals surface area contributed by atoms with Crippen molar-refractivity contribution in [2.24, 2.45) is 16.8 Å². The second-order valence-electron chi connectivity index (χ2n) is 8.36. The first-order chi connectivity index (χ1) is 14.9. The molecule has 32 heavy (non-hydrogen) atoms. The van der Waals surface area contributed by atoms with Gasteiger partial charge in [-0.25, -0.2) is 5.01 Å². The van der Waals surface area contributed by atoms with Gasteiger partial charge in [-0.05, 0) is 38.3 Å². The Bertz CT molecular complexity index is 1010. The van der Waals surface area contributed by atoms with Crippen molar-refractivity contribution in [1.29, 1.82) is 0 Å². The summed E-state index contributed by atoms with van der Waals surface area (Å²) in [4.78, 5) is 24.6. The van der Waals surface area contributed by atoms with E-state index in [2.05, 4.69) is 43.5 Å². The molecule has 3 N–H and O–H groups in total. The van der Waals surface area contributed by atoms with E-state index < -0.39 is 0 Å². The number of carbonyl (C=O) groups excluding carboxylic acids is 2. The van der Waals surface area contributed by atoms with Gasteiger partial charge in [-0.3, -0.25) is 20.0 Å². The number of nitrogens with one attached hydrogen (secondary N) is 1. The van der Waals surface area contributed by atoms with Crippen LogP contribution in [0.2, 0.25) is 0 Å². The molecule has 1 fully saturated rings. The average molecular weight is 507 g/mol. The molecule has 2 unspecified atom stereocenters. The molecule has 1 radical (unpaired) electrons. The third-order valence-electron chi connectivity index (χ3n) is 5.98. The van der Waals surface area contributed by atoms with Crippen LogP contribution in [0.15, 0.2) is 47.6 Å². The molecular formula is C24H28N5O2Y-. The first-order valence-electron chi connectivity index (χ1n) is 10.7. The van der Waals surface area contributed by atoms with Crippen LogP contribution in [0.4, 0.5) is 5.69 Å². The Balaban J connectivity index is 0.00000289. The van der Waals surface area contributed by atoms with Crippen molar-refractivity contribution in [3.8, 4) is 0 Å². The minimum absolute atomic E-state index is 0. The minimum atomic E-state index is -0.320. The van der Waals surface area contributed by atoms with Gasteiger partial charge >= 0.3 is 0 Å². The number of hydrogen-bond donors (Lipinski definition) is 2. The predicted octanol–water partition coefficient (Wildman–Crippen LogP) is 2.64. The summed E-state index contributed by atoms with van der Waals surface area (Å²) in [6.45, 7) is 5.25. The molecule has 0 aromatic heterocycles. The molecule has 2 aromatic carbocycles. The number of hydrazone groups is 1. The number of carbonyl (C=O) groups is 2. The zero-order valence-corrected chi connectivity index (χ0v) is 21.4. The van der Waals surface area contributed by atoms with E-state index in [-0.39, 0.29) is 56.5 Å². The zero-order chi connectivity index (χ0) is 22.0. The maximum atomic E-state index is 13.1. The molecule has 2 amide bonds. The van der Waals surface area contributed by atoms with Crippen LogP contribution in [-0.2, 0) is 42.3 Å². The molecule has 2 heterocycles. The second kappa shape index (κ2) is 10.7. The third-order valence-corrected chi connectivity index (χ3v) is 5.98. The number of primary amides is 1. The van der Waals surface area contributed by atoms with E-state index >= 15 is 0 Å². The molecule has 165 valence electrons. The van der Waals surface area contributed by atoms with Crippen LogP contribution < -0.4 is 16.2 Å². The number of nitrogens with zero attached hydrogens (tertiary/aromatic N) is 3. The summed E-state index contributed by atoms with van der Waals surface area (Å²) in [5.74, 6) is -0.788. The summed E-state index contributed by atoms with van der Waals surface area (Å²) in [7, 11) is 0. The van der Waals surface area contributed by atoms with E-state index in [4.69, 9.17) is 10.8 Å². The number of benzene rings is 2. The van der Waals surface area contributed by atoms with Crippen LogP contribution in [0.1, 0.15) is 42.0 Å². The summed E-state index contributed by atoms with van der Waals surface area (Å²) in [5.41, 5.74) is 13.2. The van der Waals surface area contributed by atoms with Crippen LogP contribution in [0.3, 0.4) is 0 Å². The summed E-state index contributed by atoms with van der Waals surface area (Å²) < 4.78 is 0. The Labute approximate surface area is 214 Å². The molecule has 0 spiro atoms. The molecule has 2 aliphatic heterocycles. The summed E-state index contributed by atoms with van der Waals surface area (Å²) in [6, 6.07) is 17.0. The largest absolute Gasteiger partial charge is 0.369 e. The first kappa shape index (κ1) is 24.6. The summed E-state index contributed by atoms with van der Waals surface area (Å²) in [5, 5.41) is 8.47.